The number of carbonyl (C=O) groups is 1. The van der Waals surface area contributed by atoms with E-state index in [1.807, 2.05) is 48.5 Å². The molecule has 3 heterocycles. The first kappa shape index (κ1) is 22.2. The van der Waals surface area contributed by atoms with E-state index in [1.54, 1.807) is 13.2 Å². The minimum absolute atomic E-state index is 0.137. The number of nitrogens with zero attached hydrogens (tertiary/aromatic N) is 4. The molecule has 0 aromatic heterocycles. The van der Waals surface area contributed by atoms with Gasteiger partial charge >= 0.3 is 0 Å². The summed E-state index contributed by atoms with van der Waals surface area (Å²) in [5.41, 5.74) is 2.79. The molecule has 2 aromatic rings. The minimum atomic E-state index is -0.147. The Kier molecular flexibility index (Phi) is 6.35. The van der Waals surface area contributed by atoms with E-state index in [4.69, 9.17) is 9.72 Å². The van der Waals surface area contributed by atoms with Crippen molar-refractivity contribution in [3.63, 3.8) is 0 Å². The van der Waals surface area contributed by atoms with Crippen molar-refractivity contribution in [2.75, 3.05) is 18.2 Å². The van der Waals surface area contributed by atoms with Crippen LogP contribution in [0.3, 0.4) is 0 Å². The standard InChI is InChI=1S/C25H25N5O3S/c1-33-19-12-8-9-17(15-19)26-21(31)16-34-25-27-23-22(20-13-6-3-7-14-29(20)25)24(32)30(28-23)18-10-4-2-5-11-18/h2,4-5,8-12,15H,3,6-7,13-14,16H2,1H3,(H,26,31). The van der Waals surface area contributed by atoms with Crippen LogP contribution in [-0.4, -0.2) is 38.1 Å². The van der Waals surface area contributed by atoms with Crippen LogP contribution in [0.15, 0.2) is 64.5 Å². The van der Waals surface area contributed by atoms with Gasteiger partial charge in [-0.2, -0.15) is 4.68 Å². The molecule has 34 heavy (non-hydrogen) atoms. The van der Waals surface area contributed by atoms with Crippen LogP contribution in [-0.2, 0) is 17.8 Å². The van der Waals surface area contributed by atoms with Crippen LogP contribution < -0.4 is 15.6 Å². The predicted octanol–water partition coefficient (Wildman–Crippen LogP) is 4.00. The second-order valence-electron chi connectivity index (χ2n) is 8.12. The van der Waals surface area contributed by atoms with Crippen LogP contribution in [0.4, 0.5) is 5.69 Å². The number of rotatable bonds is 6. The maximum Gasteiger partial charge on any atom is 0.284 e. The second kappa shape index (κ2) is 9.72. The summed E-state index contributed by atoms with van der Waals surface area (Å²) in [4.78, 5) is 30.7. The maximum absolute atomic E-state index is 13.3. The first-order chi connectivity index (χ1) is 16.6. The fourth-order valence-electron chi connectivity index (χ4n) is 4.24. The molecule has 0 fully saturated rings. The lowest BCUT2D eigenvalue weighted by Gasteiger charge is -2.17. The lowest BCUT2D eigenvalue weighted by molar-refractivity contribution is -0.113. The van der Waals surface area contributed by atoms with Crippen LogP contribution in [0.25, 0.3) is 17.1 Å². The van der Waals surface area contributed by atoms with Crippen LogP contribution in [0.5, 0.6) is 5.75 Å². The van der Waals surface area contributed by atoms with E-state index < -0.39 is 0 Å². The Morgan fingerprint density at radius 1 is 1.12 bits per heavy atom. The molecule has 0 bridgehead atoms. The number of para-hydroxylation sites is 1. The molecule has 5 rings (SSSR count). The van der Waals surface area contributed by atoms with Crippen molar-refractivity contribution >= 4 is 23.4 Å². The largest absolute Gasteiger partial charge is 0.497 e. The van der Waals surface area contributed by atoms with Crippen molar-refractivity contribution in [1.82, 2.24) is 19.3 Å². The second-order valence-corrected chi connectivity index (χ2v) is 9.07. The van der Waals surface area contributed by atoms with Gasteiger partial charge in [-0.1, -0.05) is 42.4 Å². The summed E-state index contributed by atoms with van der Waals surface area (Å²) in [6, 6.07) is 16.6. The van der Waals surface area contributed by atoms with E-state index in [9.17, 15) is 9.59 Å². The highest BCUT2D eigenvalue weighted by Crippen LogP contribution is 2.30. The zero-order valence-electron chi connectivity index (χ0n) is 18.9. The van der Waals surface area contributed by atoms with Crippen molar-refractivity contribution < 1.29 is 9.53 Å². The molecule has 8 nitrogen and oxygen atoms in total. The highest BCUT2D eigenvalue weighted by atomic mass is 32.2. The molecule has 1 N–H and O–H groups in total. The number of amides is 1. The number of ether oxygens (including phenoxy) is 1. The Balaban J connectivity index is 1.46. The predicted molar refractivity (Wildman–Crippen MR) is 132 cm³/mol. The smallest absolute Gasteiger partial charge is 0.284 e. The fourth-order valence-corrected chi connectivity index (χ4v) is 5.08. The highest BCUT2D eigenvalue weighted by Gasteiger charge is 2.27. The van der Waals surface area contributed by atoms with Gasteiger partial charge in [0.1, 0.15) is 11.3 Å². The zero-order chi connectivity index (χ0) is 23.5. The van der Waals surface area contributed by atoms with Gasteiger partial charge in [0.05, 0.1) is 18.6 Å². The van der Waals surface area contributed by atoms with Crippen molar-refractivity contribution in [2.45, 2.75) is 37.4 Å². The molecule has 0 saturated heterocycles. The average Bonchev–Trinajstić information content (AvgIpc) is 3.02. The Morgan fingerprint density at radius 3 is 2.79 bits per heavy atom. The number of methoxy groups -OCH3 is 1. The van der Waals surface area contributed by atoms with Crippen LogP contribution in [0, 0.1) is 0 Å². The SMILES string of the molecule is COc1cccc(NC(=O)CSc2nc3nn(-c4ccccc4)c(=O)c-3c3n2CCCCC3)c1. The summed E-state index contributed by atoms with van der Waals surface area (Å²) >= 11 is 1.36. The lowest BCUT2D eigenvalue weighted by Crippen LogP contribution is -2.20. The van der Waals surface area contributed by atoms with Crippen LogP contribution in [0.1, 0.15) is 25.0 Å². The summed E-state index contributed by atoms with van der Waals surface area (Å²) in [5, 5.41) is 8.16. The Morgan fingerprint density at radius 2 is 1.97 bits per heavy atom. The first-order valence-electron chi connectivity index (χ1n) is 11.3. The Labute approximate surface area is 201 Å². The van der Waals surface area contributed by atoms with Gasteiger partial charge in [0, 0.05) is 24.0 Å². The van der Waals surface area contributed by atoms with Gasteiger partial charge in [0.15, 0.2) is 11.0 Å². The number of hydrogen-bond acceptors (Lipinski definition) is 6. The molecule has 3 aliphatic rings. The molecule has 1 amide bonds. The van der Waals surface area contributed by atoms with Gasteiger partial charge in [-0.05, 0) is 43.5 Å². The fraction of sp³-hybridized carbons (Fsp3) is 0.280. The summed E-state index contributed by atoms with van der Waals surface area (Å²) in [6.45, 7) is 0.772. The van der Waals surface area contributed by atoms with Gasteiger partial charge in [-0.15, -0.1) is 5.10 Å². The van der Waals surface area contributed by atoms with Gasteiger partial charge in [-0.25, -0.2) is 4.98 Å². The summed E-state index contributed by atoms with van der Waals surface area (Å²) in [6.07, 6.45) is 3.90. The molecule has 0 saturated carbocycles. The van der Waals surface area contributed by atoms with E-state index in [-0.39, 0.29) is 17.2 Å². The molecular weight excluding hydrogens is 450 g/mol. The zero-order valence-corrected chi connectivity index (χ0v) is 19.7. The lowest BCUT2D eigenvalue weighted by atomic mass is 10.1. The summed E-state index contributed by atoms with van der Waals surface area (Å²) in [7, 11) is 1.59. The van der Waals surface area contributed by atoms with Gasteiger partial charge in [0.25, 0.3) is 5.56 Å². The summed E-state index contributed by atoms with van der Waals surface area (Å²) < 4.78 is 8.75. The molecule has 0 unspecified atom stereocenters. The quantitative estimate of drug-likeness (QED) is 0.335. The normalized spacial score (nSPS) is 13.3. The average molecular weight is 476 g/mol. The number of thioether (sulfide) groups is 1. The molecule has 0 atom stereocenters. The van der Waals surface area contributed by atoms with E-state index >= 15 is 0 Å². The highest BCUT2D eigenvalue weighted by molar-refractivity contribution is 7.99. The van der Waals surface area contributed by atoms with E-state index in [2.05, 4.69) is 15.0 Å². The third-order valence-corrected chi connectivity index (χ3v) is 6.83. The summed E-state index contributed by atoms with van der Waals surface area (Å²) in [5.74, 6) is 1.17. The van der Waals surface area contributed by atoms with Crippen LogP contribution >= 0.6 is 11.8 Å². The third kappa shape index (κ3) is 4.43. The van der Waals surface area contributed by atoms with E-state index in [0.717, 1.165) is 37.9 Å². The number of fused-ring (bicyclic) bond motifs is 3. The third-order valence-electron chi connectivity index (χ3n) is 5.85. The van der Waals surface area contributed by atoms with Crippen molar-refractivity contribution in [3.8, 4) is 22.8 Å². The molecule has 174 valence electrons. The molecular formula is C25H25N5O3S. The van der Waals surface area contributed by atoms with Crippen LogP contribution in [0.2, 0.25) is 0 Å². The number of hydrogen-bond donors (Lipinski definition) is 1. The molecule has 2 aromatic carbocycles. The van der Waals surface area contributed by atoms with Gasteiger partial charge in [-0.3, -0.25) is 9.59 Å². The maximum atomic E-state index is 13.3. The monoisotopic (exact) mass is 475 g/mol. The Hall–Kier alpha value is -3.59. The minimum Gasteiger partial charge on any atom is -0.497 e. The molecule has 9 heteroatoms. The first-order valence-corrected chi connectivity index (χ1v) is 12.3. The number of nitrogens with one attached hydrogen (secondary N) is 1. The number of carbonyl (C=O) groups excluding carboxylic acids is 1. The molecule has 0 aliphatic carbocycles. The molecule has 3 aliphatic heterocycles. The molecule has 0 spiro atoms. The van der Waals surface area contributed by atoms with Crippen molar-refractivity contribution in [3.05, 3.63) is 70.6 Å². The van der Waals surface area contributed by atoms with Gasteiger partial charge in [0.2, 0.25) is 5.91 Å². The molecule has 0 radical (unpaired) electrons. The van der Waals surface area contributed by atoms with Crippen molar-refractivity contribution in [2.24, 2.45) is 0 Å². The van der Waals surface area contributed by atoms with Gasteiger partial charge < -0.3 is 14.6 Å². The van der Waals surface area contributed by atoms with Crippen molar-refractivity contribution in [1.29, 1.82) is 0 Å². The topological polar surface area (TPSA) is 91.0 Å². The number of aromatic nitrogens is 4. The number of anilines is 1. The van der Waals surface area contributed by atoms with E-state index in [0.29, 0.717) is 33.7 Å². The Bertz CT molecular complexity index is 1350. The van der Waals surface area contributed by atoms with E-state index in [1.165, 1.54) is 16.4 Å². The number of benzene rings is 2.